The Labute approximate surface area is 194 Å². The number of nitrogens with zero attached hydrogens (tertiary/aromatic N) is 3. The first-order valence-corrected chi connectivity index (χ1v) is 10.9. The highest BCUT2D eigenvalue weighted by molar-refractivity contribution is 6.44. The van der Waals surface area contributed by atoms with Crippen molar-refractivity contribution in [2.24, 2.45) is 16.8 Å². The molecular weight excluding hydrogens is 461 g/mol. The molecule has 0 aromatic heterocycles. The molecule has 3 N–H and O–H groups in total. The number of rotatable bonds is 5. The minimum Gasteiger partial charge on any atom is -0.369 e. The number of hydrogen-bond acceptors (Lipinski definition) is 5. The van der Waals surface area contributed by atoms with Crippen LogP contribution in [0.3, 0.4) is 0 Å². The van der Waals surface area contributed by atoms with Gasteiger partial charge in [-0.1, -0.05) is 46.9 Å². The van der Waals surface area contributed by atoms with Crippen LogP contribution < -0.4 is 16.2 Å². The van der Waals surface area contributed by atoms with E-state index in [-0.39, 0.29) is 5.71 Å². The highest BCUT2D eigenvalue weighted by atomic mass is 35.5. The Morgan fingerprint density at radius 2 is 1.65 bits per heavy atom. The number of carbonyl (C=O) groups excluding carboxylic acids is 2. The zero-order valence-electron chi connectivity index (χ0n) is 16.4. The number of anilines is 1. The zero-order valence-corrected chi connectivity index (χ0v) is 18.7. The first-order valence-electron chi connectivity index (χ1n) is 9.78. The van der Waals surface area contributed by atoms with E-state index in [1.807, 2.05) is 5.01 Å². The molecule has 1 fully saturated rings. The Hall–Kier alpha value is -2.32. The van der Waals surface area contributed by atoms with E-state index in [1.165, 1.54) is 0 Å². The number of carbonyl (C=O) groups is 2. The summed E-state index contributed by atoms with van der Waals surface area (Å²) in [7, 11) is 0. The van der Waals surface area contributed by atoms with Crippen molar-refractivity contribution in [3.63, 3.8) is 0 Å². The zero-order chi connectivity index (χ0) is 22.1. The second-order valence-electron chi connectivity index (χ2n) is 7.44. The quantitative estimate of drug-likeness (QED) is 0.681. The molecule has 2 heterocycles. The molecule has 7 nitrogen and oxygen atoms in total. The molecule has 0 aliphatic carbocycles. The number of nitrogens with two attached hydrogens (primary N) is 1. The Kier molecular flexibility index (Phi) is 6.39. The lowest BCUT2D eigenvalue weighted by Gasteiger charge is -2.28. The smallest absolute Gasteiger partial charge is 0.282 e. The van der Waals surface area contributed by atoms with Gasteiger partial charge in [-0.3, -0.25) is 20.0 Å². The van der Waals surface area contributed by atoms with Crippen LogP contribution in [0.2, 0.25) is 15.1 Å². The first-order chi connectivity index (χ1) is 14.8. The molecule has 2 aromatic rings. The van der Waals surface area contributed by atoms with E-state index < -0.39 is 23.8 Å². The summed E-state index contributed by atoms with van der Waals surface area (Å²) in [4.78, 5) is 25.6. The van der Waals surface area contributed by atoms with Crippen molar-refractivity contribution in [1.29, 1.82) is 0 Å². The molecule has 31 heavy (non-hydrogen) atoms. The molecule has 162 valence electrons. The van der Waals surface area contributed by atoms with Crippen molar-refractivity contribution in [3.8, 4) is 0 Å². The van der Waals surface area contributed by atoms with Crippen LogP contribution in [0, 0.1) is 5.92 Å². The lowest BCUT2D eigenvalue weighted by atomic mass is 9.88. The molecule has 0 saturated carbocycles. The van der Waals surface area contributed by atoms with Crippen LogP contribution in [-0.2, 0) is 9.59 Å². The highest BCUT2D eigenvalue weighted by Crippen LogP contribution is 2.42. The summed E-state index contributed by atoms with van der Waals surface area (Å²) in [5.41, 5.74) is 9.86. The Balaban J connectivity index is 1.78. The SMILES string of the molecule is NC(=O)C1C(C(=O)NN2CCCC2)=NN(c2ccc(Cl)cc2Cl)C1c1ccc(Cl)cc1. The fourth-order valence-corrected chi connectivity index (χ4v) is 4.52. The molecule has 1 saturated heterocycles. The highest BCUT2D eigenvalue weighted by Gasteiger charge is 2.46. The van der Waals surface area contributed by atoms with Gasteiger partial charge in [0.1, 0.15) is 11.6 Å². The third-order valence-corrected chi connectivity index (χ3v) is 6.15. The summed E-state index contributed by atoms with van der Waals surface area (Å²) in [5, 5.41) is 9.23. The maximum absolute atomic E-state index is 13.1. The average molecular weight is 481 g/mol. The molecule has 10 heteroatoms. The maximum Gasteiger partial charge on any atom is 0.282 e. The van der Waals surface area contributed by atoms with Crippen LogP contribution in [0.15, 0.2) is 47.6 Å². The van der Waals surface area contributed by atoms with Gasteiger partial charge in [0.2, 0.25) is 5.91 Å². The predicted octanol–water partition coefficient (Wildman–Crippen LogP) is 3.79. The lowest BCUT2D eigenvalue weighted by molar-refractivity contribution is -0.123. The van der Waals surface area contributed by atoms with E-state index in [4.69, 9.17) is 40.5 Å². The van der Waals surface area contributed by atoms with E-state index in [1.54, 1.807) is 47.5 Å². The monoisotopic (exact) mass is 479 g/mol. The molecule has 2 atom stereocenters. The molecule has 0 radical (unpaired) electrons. The second-order valence-corrected chi connectivity index (χ2v) is 8.72. The standard InChI is InChI=1S/C21H20Cl3N5O2/c22-13-5-3-12(4-6-13)19-17(20(25)30)18(21(31)27-28-9-1-2-10-28)26-29(19)16-8-7-14(23)11-15(16)24/h3-8,11,17,19H,1-2,9-10H2,(H2,25,30)(H,27,31). The number of halogens is 3. The van der Waals surface area contributed by atoms with Gasteiger partial charge in [0.15, 0.2) is 0 Å². The van der Waals surface area contributed by atoms with E-state index in [0.29, 0.717) is 26.3 Å². The van der Waals surface area contributed by atoms with Crippen LogP contribution in [0.4, 0.5) is 5.69 Å². The molecule has 2 unspecified atom stereocenters. The van der Waals surface area contributed by atoms with Crippen molar-refractivity contribution < 1.29 is 9.59 Å². The van der Waals surface area contributed by atoms with E-state index in [0.717, 1.165) is 25.9 Å². The van der Waals surface area contributed by atoms with Crippen molar-refractivity contribution in [1.82, 2.24) is 10.4 Å². The molecule has 4 rings (SSSR count). The number of amides is 2. The fourth-order valence-electron chi connectivity index (χ4n) is 3.90. The summed E-state index contributed by atoms with van der Waals surface area (Å²) in [6.07, 6.45) is 1.98. The minimum absolute atomic E-state index is 0.0327. The van der Waals surface area contributed by atoms with Crippen LogP contribution in [-0.4, -0.2) is 35.6 Å². The normalized spacial score (nSPS) is 21.3. The third kappa shape index (κ3) is 4.50. The van der Waals surface area contributed by atoms with Crippen LogP contribution >= 0.6 is 34.8 Å². The van der Waals surface area contributed by atoms with Crippen molar-refractivity contribution in [2.75, 3.05) is 18.1 Å². The van der Waals surface area contributed by atoms with Crippen molar-refractivity contribution >= 4 is 58.0 Å². The lowest BCUT2D eigenvalue weighted by Crippen LogP contribution is -2.47. The molecule has 2 aliphatic heterocycles. The molecule has 0 bridgehead atoms. The summed E-state index contributed by atoms with van der Waals surface area (Å²) in [6.45, 7) is 1.49. The predicted molar refractivity (Wildman–Crippen MR) is 122 cm³/mol. The van der Waals surface area contributed by atoms with E-state index in [9.17, 15) is 9.59 Å². The summed E-state index contributed by atoms with van der Waals surface area (Å²) >= 11 is 18.5. The van der Waals surface area contributed by atoms with Crippen LogP contribution in [0.25, 0.3) is 0 Å². The van der Waals surface area contributed by atoms with Gasteiger partial charge in [-0.15, -0.1) is 0 Å². The third-order valence-electron chi connectivity index (χ3n) is 5.36. The van der Waals surface area contributed by atoms with Crippen molar-refractivity contribution in [2.45, 2.75) is 18.9 Å². The summed E-state index contributed by atoms with van der Waals surface area (Å²) in [6, 6.07) is 11.2. The Bertz CT molecular complexity index is 1040. The van der Waals surface area contributed by atoms with Gasteiger partial charge >= 0.3 is 0 Å². The number of nitrogens with one attached hydrogen (secondary N) is 1. The first kappa shape index (κ1) is 21.9. The van der Waals surface area contributed by atoms with Crippen LogP contribution in [0.5, 0.6) is 0 Å². The molecule has 0 spiro atoms. The number of hydrogen-bond donors (Lipinski definition) is 2. The molecular formula is C21H20Cl3N5O2. The number of hydrazine groups is 1. The average Bonchev–Trinajstić information content (AvgIpc) is 3.36. The van der Waals surface area contributed by atoms with Gasteiger partial charge in [0.05, 0.1) is 16.8 Å². The minimum atomic E-state index is -0.990. The van der Waals surface area contributed by atoms with E-state index in [2.05, 4.69) is 10.5 Å². The van der Waals surface area contributed by atoms with Crippen LogP contribution in [0.1, 0.15) is 24.4 Å². The number of primary amides is 1. The Morgan fingerprint density at radius 1 is 1.00 bits per heavy atom. The largest absolute Gasteiger partial charge is 0.369 e. The van der Waals surface area contributed by atoms with Gasteiger partial charge in [-0.25, -0.2) is 5.01 Å². The van der Waals surface area contributed by atoms with Gasteiger partial charge in [-0.2, -0.15) is 5.10 Å². The maximum atomic E-state index is 13.1. The van der Waals surface area contributed by atoms with Gasteiger partial charge in [0.25, 0.3) is 5.91 Å². The Morgan fingerprint density at radius 3 is 2.26 bits per heavy atom. The number of hydrazone groups is 1. The summed E-state index contributed by atoms with van der Waals surface area (Å²) in [5.74, 6) is -2.12. The number of benzene rings is 2. The van der Waals surface area contributed by atoms with E-state index >= 15 is 0 Å². The molecule has 2 amide bonds. The van der Waals surface area contributed by atoms with Crippen molar-refractivity contribution in [3.05, 3.63) is 63.1 Å². The fraction of sp³-hybridized carbons (Fsp3) is 0.286. The topological polar surface area (TPSA) is 91.0 Å². The summed E-state index contributed by atoms with van der Waals surface area (Å²) < 4.78 is 0. The second kappa shape index (κ2) is 9.04. The molecule has 2 aromatic carbocycles. The van der Waals surface area contributed by atoms with Gasteiger partial charge < -0.3 is 5.73 Å². The van der Waals surface area contributed by atoms with Gasteiger partial charge in [0, 0.05) is 23.1 Å². The van der Waals surface area contributed by atoms with Gasteiger partial charge in [-0.05, 0) is 48.7 Å². The molecule has 2 aliphatic rings.